The Bertz CT molecular complexity index is 1230. The van der Waals surface area contributed by atoms with E-state index in [1.165, 1.54) is 17.6 Å². The summed E-state index contributed by atoms with van der Waals surface area (Å²) in [4.78, 5) is 17.2. The van der Waals surface area contributed by atoms with E-state index in [0.29, 0.717) is 21.3 Å². The van der Waals surface area contributed by atoms with Gasteiger partial charge in [-0.25, -0.2) is 4.98 Å². The number of furan rings is 1. The highest BCUT2D eigenvalue weighted by Crippen LogP contribution is 2.36. The van der Waals surface area contributed by atoms with Crippen LogP contribution in [0.3, 0.4) is 0 Å². The van der Waals surface area contributed by atoms with Gasteiger partial charge in [-0.2, -0.15) is 5.26 Å². The molecule has 0 spiro atoms. The molecule has 146 valence electrons. The highest BCUT2D eigenvalue weighted by atomic mass is 32.1. The highest BCUT2D eigenvalue weighted by molar-refractivity contribution is 7.17. The molecule has 2 heterocycles. The number of aryl methyl sites for hydroxylation is 1. The molecule has 0 fully saturated rings. The lowest BCUT2D eigenvalue weighted by Crippen LogP contribution is -2.10. The zero-order valence-corrected chi connectivity index (χ0v) is 16.9. The Morgan fingerprint density at radius 1 is 1.10 bits per heavy atom. The predicted octanol–water partition coefficient (Wildman–Crippen LogP) is 6.03. The number of thiazole rings is 1. The Morgan fingerprint density at radius 2 is 1.87 bits per heavy atom. The molecular formula is C24H17N3O2S. The molecule has 2 aromatic carbocycles. The maximum Gasteiger partial charge on any atom is 0.292 e. The SMILES string of the molecule is Cc1ccc(C=C(C#N)c2nc(-c3ccccc3)c(NC(=O)c3ccco3)s2)cc1. The molecule has 0 saturated carbocycles. The van der Waals surface area contributed by atoms with Crippen LogP contribution in [0.4, 0.5) is 5.00 Å². The van der Waals surface area contributed by atoms with Crippen molar-refractivity contribution in [2.45, 2.75) is 6.92 Å². The summed E-state index contributed by atoms with van der Waals surface area (Å²) in [7, 11) is 0. The summed E-state index contributed by atoms with van der Waals surface area (Å²) in [5.41, 5.74) is 3.95. The number of carbonyl (C=O) groups is 1. The van der Waals surface area contributed by atoms with Gasteiger partial charge in [-0.05, 0) is 30.7 Å². The lowest BCUT2D eigenvalue weighted by atomic mass is 10.1. The number of hydrogen-bond acceptors (Lipinski definition) is 5. The van der Waals surface area contributed by atoms with Gasteiger partial charge in [0.2, 0.25) is 0 Å². The first kappa shape index (κ1) is 19.4. The maximum atomic E-state index is 12.5. The smallest absolute Gasteiger partial charge is 0.292 e. The molecule has 4 aromatic rings. The summed E-state index contributed by atoms with van der Waals surface area (Å²) < 4.78 is 5.19. The molecule has 1 amide bonds. The van der Waals surface area contributed by atoms with E-state index in [1.54, 1.807) is 18.2 Å². The van der Waals surface area contributed by atoms with Crippen molar-refractivity contribution in [3.63, 3.8) is 0 Å². The quantitative estimate of drug-likeness (QED) is 0.407. The number of anilines is 1. The number of allylic oxidation sites excluding steroid dienone is 1. The van der Waals surface area contributed by atoms with Crippen LogP contribution in [0.1, 0.15) is 26.7 Å². The van der Waals surface area contributed by atoms with E-state index < -0.39 is 0 Å². The molecule has 4 rings (SSSR count). The van der Waals surface area contributed by atoms with Gasteiger partial charge in [-0.15, -0.1) is 0 Å². The standard InChI is InChI=1S/C24H17N3O2S/c1-16-9-11-17(12-10-16)14-19(15-25)23-26-21(18-6-3-2-4-7-18)24(30-23)27-22(28)20-8-5-13-29-20/h2-14H,1H3,(H,27,28). The third kappa shape index (κ3) is 4.22. The number of benzene rings is 2. The van der Waals surface area contributed by atoms with E-state index in [4.69, 9.17) is 4.42 Å². The number of amides is 1. The van der Waals surface area contributed by atoms with Crippen molar-refractivity contribution in [2.75, 3.05) is 5.32 Å². The maximum absolute atomic E-state index is 12.5. The largest absolute Gasteiger partial charge is 0.459 e. The molecule has 5 nitrogen and oxygen atoms in total. The molecular weight excluding hydrogens is 394 g/mol. The van der Waals surface area contributed by atoms with Gasteiger partial charge in [0.1, 0.15) is 21.8 Å². The van der Waals surface area contributed by atoms with E-state index in [2.05, 4.69) is 16.4 Å². The number of aromatic nitrogens is 1. The van der Waals surface area contributed by atoms with E-state index >= 15 is 0 Å². The van der Waals surface area contributed by atoms with Crippen molar-refractivity contribution in [1.82, 2.24) is 4.98 Å². The second kappa shape index (κ2) is 8.60. The van der Waals surface area contributed by atoms with Crippen LogP contribution < -0.4 is 5.32 Å². The summed E-state index contributed by atoms with van der Waals surface area (Å²) in [6.07, 6.45) is 3.24. The van der Waals surface area contributed by atoms with Crippen molar-refractivity contribution >= 4 is 33.9 Å². The first-order valence-corrected chi connectivity index (χ1v) is 10.1. The minimum atomic E-state index is -0.367. The lowest BCUT2D eigenvalue weighted by molar-refractivity contribution is 0.0997. The Morgan fingerprint density at radius 3 is 2.53 bits per heavy atom. The Hall–Kier alpha value is -3.95. The molecule has 0 saturated heterocycles. The average molecular weight is 411 g/mol. The molecule has 0 aliphatic rings. The molecule has 0 aliphatic heterocycles. The first-order chi connectivity index (χ1) is 14.6. The van der Waals surface area contributed by atoms with Crippen LogP contribution in [0.15, 0.2) is 77.4 Å². The number of nitrogens with zero attached hydrogens (tertiary/aromatic N) is 2. The summed E-state index contributed by atoms with van der Waals surface area (Å²) >= 11 is 1.26. The van der Waals surface area contributed by atoms with Gasteiger partial charge in [0, 0.05) is 5.56 Å². The minimum Gasteiger partial charge on any atom is -0.459 e. The molecule has 6 heteroatoms. The topological polar surface area (TPSA) is 78.9 Å². The molecule has 0 aliphatic carbocycles. The summed E-state index contributed by atoms with van der Waals surface area (Å²) in [5.74, 6) is -0.159. The van der Waals surface area contributed by atoms with Gasteiger partial charge in [0.15, 0.2) is 5.76 Å². The number of hydrogen-bond donors (Lipinski definition) is 1. The van der Waals surface area contributed by atoms with Crippen LogP contribution >= 0.6 is 11.3 Å². The lowest BCUT2D eigenvalue weighted by Gasteiger charge is -2.03. The van der Waals surface area contributed by atoms with E-state index in [-0.39, 0.29) is 11.7 Å². The molecule has 0 bridgehead atoms. The third-order valence-corrected chi connectivity index (χ3v) is 5.39. The fraction of sp³-hybridized carbons (Fsp3) is 0.0417. The molecule has 30 heavy (non-hydrogen) atoms. The summed E-state index contributed by atoms with van der Waals surface area (Å²) in [6.45, 7) is 2.01. The summed E-state index contributed by atoms with van der Waals surface area (Å²) in [5, 5.41) is 13.7. The van der Waals surface area contributed by atoms with Crippen LogP contribution in [0.25, 0.3) is 22.9 Å². The Labute approximate surface area is 177 Å². The first-order valence-electron chi connectivity index (χ1n) is 9.24. The van der Waals surface area contributed by atoms with Crippen molar-refractivity contribution < 1.29 is 9.21 Å². The van der Waals surface area contributed by atoms with Gasteiger partial charge >= 0.3 is 0 Å². The van der Waals surface area contributed by atoms with Crippen molar-refractivity contribution in [3.8, 4) is 17.3 Å². The zero-order chi connectivity index (χ0) is 20.9. The minimum absolute atomic E-state index is 0.208. The monoisotopic (exact) mass is 411 g/mol. The number of nitrogens with one attached hydrogen (secondary N) is 1. The summed E-state index contributed by atoms with van der Waals surface area (Å²) in [6, 6.07) is 22.9. The van der Waals surface area contributed by atoms with Crippen LogP contribution in [0, 0.1) is 18.3 Å². The van der Waals surface area contributed by atoms with Crippen molar-refractivity contribution in [3.05, 3.63) is 94.9 Å². The van der Waals surface area contributed by atoms with Crippen LogP contribution in [-0.2, 0) is 0 Å². The van der Waals surface area contributed by atoms with Crippen LogP contribution in [-0.4, -0.2) is 10.9 Å². The van der Waals surface area contributed by atoms with E-state index in [0.717, 1.165) is 16.7 Å². The second-order valence-electron chi connectivity index (χ2n) is 6.57. The zero-order valence-electron chi connectivity index (χ0n) is 16.1. The van der Waals surface area contributed by atoms with Gasteiger partial charge in [0.25, 0.3) is 5.91 Å². The number of carbonyl (C=O) groups excluding carboxylic acids is 1. The highest BCUT2D eigenvalue weighted by Gasteiger charge is 2.19. The van der Waals surface area contributed by atoms with Gasteiger partial charge in [-0.3, -0.25) is 4.79 Å². The molecule has 0 atom stereocenters. The van der Waals surface area contributed by atoms with Crippen LogP contribution in [0.5, 0.6) is 0 Å². The Kier molecular flexibility index (Phi) is 5.55. The van der Waals surface area contributed by atoms with Crippen molar-refractivity contribution in [2.24, 2.45) is 0 Å². The predicted molar refractivity (Wildman–Crippen MR) is 119 cm³/mol. The normalized spacial score (nSPS) is 11.1. The van der Waals surface area contributed by atoms with Gasteiger partial charge in [-0.1, -0.05) is 71.5 Å². The molecule has 1 N–H and O–H groups in total. The number of rotatable bonds is 5. The average Bonchev–Trinajstić information content (AvgIpc) is 3.44. The third-order valence-electron chi connectivity index (χ3n) is 4.39. The molecule has 0 unspecified atom stereocenters. The van der Waals surface area contributed by atoms with Crippen molar-refractivity contribution in [1.29, 1.82) is 5.26 Å². The molecule has 0 radical (unpaired) electrons. The number of nitriles is 1. The second-order valence-corrected chi connectivity index (χ2v) is 7.57. The fourth-order valence-corrected chi connectivity index (χ4v) is 3.80. The van der Waals surface area contributed by atoms with Gasteiger partial charge < -0.3 is 9.73 Å². The van der Waals surface area contributed by atoms with Gasteiger partial charge in [0.05, 0.1) is 11.8 Å². The Balaban J connectivity index is 1.75. The molecule has 2 aromatic heterocycles. The fourth-order valence-electron chi connectivity index (χ4n) is 2.86. The van der Waals surface area contributed by atoms with E-state index in [9.17, 15) is 10.1 Å². The van der Waals surface area contributed by atoms with E-state index in [1.807, 2.05) is 61.5 Å². The van der Waals surface area contributed by atoms with Crippen LogP contribution in [0.2, 0.25) is 0 Å².